The number of halogens is 1. The first-order valence-electron chi connectivity index (χ1n) is 8.33. The molecule has 1 aromatic carbocycles. The van der Waals surface area contributed by atoms with E-state index in [0.29, 0.717) is 6.42 Å². The second kappa shape index (κ2) is 11.9. The smallest absolute Gasteiger partial charge is 0.320 e. The molecule has 3 N–H and O–H groups in total. The Morgan fingerprint density at radius 1 is 1.08 bits per heavy atom. The van der Waals surface area contributed by atoms with Gasteiger partial charge in [0.2, 0.25) is 5.91 Å². The van der Waals surface area contributed by atoms with Crippen molar-refractivity contribution in [3.05, 3.63) is 35.9 Å². The summed E-state index contributed by atoms with van der Waals surface area (Å²) in [7, 11) is 0. The van der Waals surface area contributed by atoms with Crippen LogP contribution in [0.2, 0.25) is 0 Å². The van der Waals surface area contributed by atoms with E-state index in [0.717, 1.165) is 24.8 Å². The predicted octanol–water partition coefficient (Wildman–Crippen LogP) is 3.30. The van der Waals surface area contributed by atoms with E-state index in [1.807, 2.05) is 37.3 Å². The Kier molecular flexibility index (Phi) is 11.1. The third kappa shape index (κ3) is 7.32. The molecule has 0 saturated carbocycles. The second-order valence-electron chi connectivity index (χ2n) is 5.83. The van der Waals surface area contributed by atoms with E-state index >= 15 is 0 Å². The summed E-state index contributed by atoms with van der Waals surface area (Å²) in [5.41, 5.74) is 1.07. The van der Waals surface area contributed by atoms with Crippen molar-refractivity contribution in [2.75, 3.05) is 0 Å². The highest BCUT2D eigenvalue weighted by atomic mass is 35.5. The van der Waals surface area contributed by atoms with Crippen molar-refractivity contribution >= 4 is 24.3 Å². The average Bonchev–Trinajstić information content (AvgIpc) is 2.54. The van der Waals surface area contributed by atoms with Crippen LogP contribution in [0, 0.1) is 0 Å². The van der Waals surface area contributed by atoms with Crippen LogP contribution in [-0.4, -0.2) is 29.1 Å². The summed E-state index contributed by atoms with van der Waals surface area (Å²) in [6.45, 7) is 5.70. The number of benzene rings is 1. The molecule has 0 saturated heterocycles. The van der Waals surface area contributed by atoms with Gasteiger partial charge in [-0.05, 0) is 25.3 Å². The molecule has 1 rings (SSSR count). The van der Waals surface area contributed by atoms with E-state index in [1.54, 1.807) is 6.92 Å². The molecule has 0 fully saturated rings. The van der Waals surface area contributed by atoms with E-state index in [9.17, 15) is 14.7 Å². The molecule has 0 aromatic heterocycles. The maximum atomic E-state index is 12.4. The van der Waals surface area contributed by atoms with Crippen LogP contribution < -0.4 is 10.6 Å². The van der Waals surface area contributed by atoms with Gasteiger partial charge in [-0.3, -0.25) is 14.9 Å². The number of amides is 1. The summed E-state index contributed by atoms with van der Waals surface area (Å²) in [6, 6.07) is 8.55. The van der Waals surface area contributed by atoms with E-state index in [2.05, 4.69) is 17.6 Å². The number of carboxylic acid groups (broad SMARTS) is 1. The Morgan fingerprint density at radius 3 is 2.17 bits per heavy atom. The first kappa shape index (κ1) is 22.4. The van der Waals surface area contributed by atoms with Crippen LogP contribution in [0.15, 0.2) is 30.3 Å². The van der Waals surface area contributed by atoms with Gasteiger partial charge in [0.25, 0.3) is 0 Å². The molecule has 1 aromatic rings. The summed E-state index contributed by atoms with van der Waals surface area (Å²) in [6.07, 6.45) is 3.06. The lowest BCUT2D eigenvalue weighted by molar-refractivity contribution is -0.140. The van der Waals surface area contributed by atoms with Gasteiger partial charge < -0.3 is 10.4 Å². The molecule has 0 aliphatic heterocycles. The molecule has 5 nitrogen and oxygen atoms in total. The normalized spacial score (nSPS) is 14.1. The molecule has 1 amide bonds. The monoisotopic (exact) mass is 356 g/mol. The lowest BCUT2D eigenvalue weighted by Crippen LogP contribution is -2.50. The summed E-state index contributed by atoms with van der Waals surface area (Å²) in [4.78, 5) is 23.6. The maximum absolute atomic E-state index is 12.4. The summed E-state index contributed by atoms with van der Waals surface area (Å²) in [5, 5.41) is 15.1. The van der Waals surface area contributed by atoms with Crippen LogP contribution in [0.25, 0.3) is 0 Å². The van der Waals surface area contributed by atoms with Gasteiger partial charge in [0.05, 0.1) is 12.1 Å². The van der Waals surface area contributed by atoms with Gasteiger partial charge in [0.15, 0.2) is 0 Å². The molecule has 0 bridgehead atoms. The minimum absolute atomic E-state index is 0. The SMILES string of the molecule is CCCC(NC(C)C(=O)NC(CCC)c1ccccc1)C(=O)O.Cl. The van der Waals surface area contributed by atoms with E-state index in [4.69, 9.17) is 0 Å². The third-order valence-corrected chi connectivity index (χ3v) is 3.82. The van der Waals surface area contributed by atoms with E-state index in [1.165, 1.54) is 0 Å². The van der Waals surface area contributed by atoms with Crippen LogP contribution in [0.5, 0.6) is 0 Å². The second-order valence-corrected chi connectivity index (χ2v) is 5.83. The number of aliphatic carboxylic acids is 1. The summed E-state index contributed by atoms with van der Waals surface area (Å²) < 4.78 is 0. The Balaban J connectivity index is 0.00000529. The van der Waals surface area contributed by atoms with Gasteiger partial charge in [-0.2, -0.15) is 0 Å². The Morgan fingerprint density at radius 2 is 1.67 bits per heavy atom. The number of carboxylic acids is 1. The zero-order chi connectivity index (χ0) is 17.2. The number of rotatable bonds is 10. The third-order valence-electron chi connectivity index (χ3n) is 3.82. The van der Waals surface area contributed by atoms with Gasteiger partial charge in [-0.15, -0.1) is 12.4 Å². The van der Waals surface area contributed by atoms with Crippen molar-refractivity contribution < 1.29 is 14.7 Å². The standard InChI is InChI=1S/C18H28N2O3.ClH/c1-4-9-15(14-11-7-6-8-12-14)20-17(21)13(3)19-16(10-5-2)18(22)23;/h6-8,11-13,15-16,19H,4-5,9-10H2,1-3H3,(H,20,21)(H,22,23);1H. The molecule has 3 unspecified atom stereocenters. The van der Waals surface area contributed by atoms with Crippen LogP contribution in [0.1, 0.15) is 58.1 Å². The first-order valence-corrected chi connectivity index (χ1v) is 8.33. The van der Waals surface area contributed by atoms with Crippen molar-refractivity contribution in [3.8, 4) is 0 Å². The molecule has 0 aliphatic carbocycles. The van der Waals surface area contributed by atoms with Gasteiger partial charge in [-0.1, -0.05) is 57.0 Å². The molecule has 0 spiro atoms. The lowest BCUT2D eigenvalue weighted by atomic mass is 10.0. The molecule has 0 aliphatic rings. The fraction of sp³-hybridized carbons (Fsp3) is 0.556. The fourth-order valence-electron chi connectivity index (χ4n) is 2.54. The molecular formula is C18H29ClN2O3. The van der Waals surface area contributed by atoms with Crippen molar-refractivity contribution in [1.82, 2.24) is 10.6 Å². The lowest BCUT2D eigenvalue weighted by Gasteiger charge is -2.23. The van der Waals surface area contributed by atoms with Crippen molar-refractivity contribution in [3.63, 3.8) is 0 Å². The zero-order valence-corrected chi connectivity index (χ0v) is 15.4. The molecule has 3 atom stereocenters. The minimum atomic E-state index is -0.917. The van der Waals surface area contributed by atoms with Crippen molar-refractivity contribution in [2.24, 2.45) is 0 Å². The van der Waals surface area contributed by atoms with Crippen LogP contribution in [0.4, 0.5) is 0 Å². The quantitative estimate of drug-likeness (QED) is 0.601. The van der Waals surface area contributed by atoms with Crippen molar-refractivity contribution in [2.45, 2.75) is 64.6 Å². The predicted molar refractivity (Wildman–Crippen MR) is 98.4 cm³/mol. The zero-order valence-electron chi connectivity index (χ0n) is 14.6. The number of hydrogen-bond donors (Lipinski definition) is 3. The summed E-state index contributed by atoms with van der Waals surface area (Å²) >= 11 is 0. The Labute approximate surface area is 150 Å². The fourth-order valence-corrected chi connectivity index (χ4v) is 2.54. The number of carbonyl (C=O) groups excluding carboxylic acids is 1. The maximum Gasteiger partial charge on any atom is 0.320 e. The number of carbonyl (C=O) groups is 2. The van der Waals surface area contributed by atoms with Gasteiger partial charge in [0, 0.05) is 0 Å². The Hall–Kier alpha value is -1.59. The molecular weight excluding hydrogens is 328 g/mol. The number of hydrogen-bond acceptors (Lipinski definition) is 3. The largest absolute Gasteiger partial charge is 0.480 e. The molecule has 6 heteroatoms. The van der Waals surface area contributed by atoms with Crippen LogP contribution >= 0.6 is 12.4 Å². The van der Waals surface area contributed by atoms with Gasteiger partial charge in [-0.25, -0.2) is 0 Å². The summed E-state index contributed by atoms with van der Waals surface area (Å²) in [5.74, 6) is -1.09. The topological polar surface area (TPSA) is 78.4 Å². The van der Waals surface area contributed by atoms with Gasteiger partial charge >= 0.3 is 5.97 Å². The Bertz CT molecular complexity index is 496. The van der Waals surface area contributed by atoms with Crippen LogP contribution in [-0.2, 0) is 9.59 Å². The molecule has 136 valence electrons. The van der Waals surface area contributed by atoms with Crippen molar-refractivity contribution in [1.29, 1.82) is 0 Å². The molecule has 0 heterocycles. The molecule has 24 heavy (non-hydrogen) atoms. The first-order chi connectivity index (χ1) is 11.0. The minimum Gasteiger partial charge on any atom is -0.480 e. The van der Waals surface area contributed by atoms with Crippen LogP contribution in [0.3, 0.4) is 0 Å². The highest BCUT2D eigenvalue weighted by molar-refractivity contribution is 5.85. The highest BCUT2D eigenvalue weighted by Crippen LogP contribution is 2.18. The van der Waals surface area contributed by atoms with E-state index < -0.39 is 18.1 Å². The van der Waals surface area contributed by atoms with Gasteiger partial charge in [0.1, 0.15) is 6.04 Å². The average molecular weight is 357 g/mol. The molecule has 0 radical (unpaired) electrons. The highest BCUT2D eigenvalue weighted by Gasteiger charge is 2.24. The van der Waals surface area contributed by atoms with E-state index in [-0.39, 0.29) is 24.4 Å². The number of nitrogens with one attached hydrogen (secondary N) is 2.